The van der Waals surface area contributed by atoms with E-state index >= 15 is 0 Å². The van der Waals surface area contributed by atoms with Crippen LogP contribution >= 0.6 is 22.6 Å². The van der Waals surface area contributed by atoms with Crippen LogP contribution in [0.1, 0.15) is 31.1 Å². The van der Waals surface area contributed by atoms with E-state index in [9.17, 15) is 14.0 Å². The lowest BCUT2D eigenvalue weighted by Gasteiger charge is -2.19. The molecule has 0 spiro atoms. The molecule has 1 amide bonds. The first-order valence-electron chi connectivity index (χ1n) is 6.95. The Kier molecular flexibility index (Phi) is 5.13. The van der Waals surface area contributed by atoms with Crippen molar-refractivity contribution in [1.29, 1.82) is 0 Å². The van der Waals surface area contributed by atoms with Crippen LogP contribution < -0.4 is 5.32 Å². The molecule has 0 aliphatic heterocycles. The molecule has 0 fully saturated rings. The number of benzene rings is 1. The van der Waals surface area contributed by atoms with Crippen LogP contribution in [0.15, 0.2) is 30.5 Å². The molecular formula is C17H16FIN2O2. The van der Waals surface area contributed by atoms with Gasteiger partial charge in [0, 0.05) is 20.7 Å². The molecule has 6 heteroatoms. The van der Waals surface area contributed by atoms with Crippen molar-refractivity contribution in [2.75, 3.05) is 5.32 Å². The highest BCUT2D eigenvalue weighted by Crippen LogP contribution is 2.31. The van der Waals surface area contributed by atoms with Crippen LogP contribution in [0.25, 0.3) is 11.3 Å². The van der Waals surface area contributed by atoms with Crippen molar-refractivity contribution < 1.29 is 14.0 Å². The number of hydrogen-bond donors (Lipinski definition) is 1. The Bertz CT molecular complexity index is 770. The molecule has 0 radical (unpaired) electrons. The van der Waals surface area contributed by atoms with E-state index in [0.29, 0.717) is 21.1 Å². The summed E-state index contributed by atoms with van der Waals surface area (Å²) in [6.07, 6.45) is 1.91. The van der Waals surface area contributed by atoms with Crippen LogP contribution in [-0.2, 0) is 4.79 Å². The number of nitrogens with one attached hydrogen (secondary N) is 1. The smallest absolute Gasteiger partial charge is 0.229 e. The van der Waals surface area contributed by atoms with Crippen LogP contribution in [0.5, 0.6) is 0 Å². The molecule has 0 unspecified atom stereocenters. The number of aromatic nitrogens is 1. The van der Waals surface area contributed by atoms with Crippen molar-refractivity contribution in [2.24, 2.45) is 5.41 Å². The van der Waals surface area contributed by atoms with Gasteiger partial charge in [-0.2, -0.15) is 0 Å². The third-order valence-corrected chi connectivity index (χ3v) is 4.10. The summed E-state index contributed by atoms with van der Waals surface area (Å²) in [6.45, 7) is 5.37. The van der Waals surface area contributed by atoms with Gasteiger partial charge in [0.05, 0.1) is 11.3 Å². The lowest BCUT2D eigenvalue weighted by Crippen LogP contribution is -2.27. The summed E-state index contributed by atoms with van der Waals surface area (Å²) in [5.41, 5.74) is 0.308. The van der Waals surface area contributed by atoms with Gasteiger partial charge in [-0.15, -0.1) is 0 Å². The lowest BCUT2D eigenvalue weighted by molar-refractivity contribution is -0.123. The number of para-hydroxylation sites is 1. The zero-order valence-corrected chi connectivity index (χ0v) is 15.1. The standard InChI is InChI=1S/C17H16FIN2O2/c1-17(2,3)16(23)21-13-7-5-4-6-10(13)15-14(18)11(9-22)12(19)8-20-15/h4-9H,1-3H3,(H,21,23). The van der Waals surface area contributed by atoms with Crippen LogP contribution in [0.2, 0.25) is 0 Å². The van der Waals surface area contributed by atoms with Gasteiger partial charge >= 0.3 is 0 Å². The number of hydrogen-bond acceptors (Lipinski definition) is 3. The van der Waals surface area contributed by atoms with Crippen LogP contribution in [-0.4, -0.2) is 17.2 Å². The second-order valence-electron chi connectivity index (χ2n) is 6.05. The molecule has 120 valence electrons. The summed E-state index contributed by atoms with van der Waals surface area (Å²) in [7, 11) is 0. The second kappa shape index (κ2) is 6.74. The molecular weight excluding hydrogens is 410 g/mol. The Morgan fingerprint density at radius 1 is 1.30 bits per heavy atom. The third kappa shape index (κ3) is 3.74. The lowest BCUT2D eigenvalue weighted by atomic mass is 9.95. The summed E-state index contributed by atoms with van der Waals surface area (Å²) in [5, 5.41) is 2.79. The molecule has 1 aromatic carbocycles. The van der Waals surface area contributed by atoms with E-state index < -0.39 is 11.2 Å². The fourth-order valence-corrected chi connectivity index (χ4v) is 2.39. The SMILES string of the molecule is CC(C)(C)C(=O)Nc1ccccc1-c1ncc(I)c(C=O)c1F. The number of pyridine rings is 1. The molecule has 2 aromatic rings. The molecule has 1 aromatic heterocycles. The first kappa shape index (κ1) is 17.5. The Labute approximate surface area is 147 Å². The number of anilines is 1. The molecule has 0 saturated heterocycles. The van der Waals surface area contributed by atoms with Crippen LogP contribution in [0, 0.1) is 14.8 Å². The maximum Gasteiger partial charge on any atom is 0.229 e. The minimum Gasteiger partial charge on any atom is -0.325 e. The monoisotopic (exact) mass is 426 g/mol. The minimum atomic E-state index is -0.690. The van der Waals surface area contributed by atoms with E-state index in [1.54, 1.807) is 45.0 Å². The maximum absolute atomic E-state index is 14.6. The highest BCUT2D eigenvalue weighted by molar-refractivity contribution is 14.1. The topological polar surface area (TPSA) is 59.1 Å². The average molecular weight is 426 g/mol. The summed E-state index contributed by atoms with van der Waals surface area (Å²) in [4.78, 5) is 27.4. The number of amides is 1. The summed E-state index contributed by atoms with van der Waals surface area (Å²) in [5.74, 6) is -0.879. The zero-order chi connectivity index (χ0) is 17.2. The molecule has 1 N–H and O–H groups in total. The molecule has 0 saturated carbocycles. The van der Waals surface area contributed by atoms with Gasteiger partial charge in [-0.25, -0.2) is 4.39 Å². The predicted molar refractivity (Wildman–Crippen MR) is 95.8 cm³/mol. The number of halogens is 2. The minimum absolute atomic E-state index is 0.0347. The van der Waals surface area contributed by atoms with E-state index in [0.717, 1.165) is 0 Å². The molecule has 0 atom stereocenters. The molecule has 0 aliphatic carbocycles. The summed E-state index contributed by atoms with van der Waals surface area (Å²) in [6, 6.07) is 6.80. The fourth-order valence-electron chi connectivity index (χ4n) is 1.88. The van der Waals surface area contributed by atoms with Gasteiger partial charge in [-0.1, -0.05) is 39.0 Å². The number of nitrogens with zero attached hydrogens (tertiary/aromatic N) is 1. The van der Waals surface area contributed by atoms with E-state index in [4.69, 9.17) is 0 Å². The molecule has 0 bridgehead atoms. The van der Waals surface area contributed by atoms with Crippen molar-refractivity contribution in [1.82, 2.24) is 4.98 Å². The average Bonchev–Trinajstić information content (AvgIpc) is 2.48. The normalized spacial score (nSPS) is 11.2. The highest BCUT2D eigenvalue weighted by Gasteiger charge is 2.23. The van der Waals surface area contributed by atoms with Crippen molar-refractivity contribution in [3.8, 4) is 11.3 Å². The van der Waals surface area contributed by atoms with Gasteiger partial charge in [-0.3, -0.25) is 14.6 Å². The van der Waals surface area contributed by atoms with Crippen LogP contribution in [0.3, 0.4) is 0 Å². The fraction of sp³-hybridized carbons (Fsp3) is 0.235. The Morgan fingerprint density at radius 3 is 2.57 bits per heavy atom. The van der Waals surface area contributed by atoms with E-state index in [-0.39, 0.29) is 17.2 Å². The van der Waals surface area contributed by atoms with E-state index in [1.807, 2.05) is 22.6 Å². The third-order valence-electron chi connectivity index (χ3n) is 3.24. The molecule has 0 aliphatic rings. The van der Waals surface area contributed by atoms with Gasteiger partial charge in [0.1, 0.15) is 5.69 Å². The first-order valence-corrected chi connectivity index (χ1v) is 8.03. The molecule has 23 heavy (non-hydrogen) atoms. The number of aldehydes is 1. The van der Waals surface area contributed by atoms with Gasteiger partial charge in [0.15, 0.2) is 12.1 Å². The Balaban J connectivity index is 2.54. The zero-order valence-electron chi connectivity index (χ0n) is 13.0. The van der Waals surface area contributed by atoms with Gasteiger partial charge < -0.3 is 5.32 Å². The first-order chi connectivity index (χ1) is 10.8. The molecule has 1 heterocycles. The van der Waals surface area contributed by atoms with Crippen molar-refractivity contribution in [2.45, 2.75) is 20.8 Å². The van der Waals surface area contributed by atoms with Gasteiger partial charge in [-0.05, 0) is 28.7 Å². The number of rotatable bonds is 3. The Hall–Kier alpha value is -1.83. The second-order valence-corrected chi connectivity index (χ2v) is 7.21. The van der Waals surface area contributed by atoms with Gasteiger partial charge in [0.25, 0.3) is 0 Å². The highest BCUT2D eigenvalue weighted by atomic mass is 127. The van der Waals surface area contributed by atoms with Crippen molar-refractivity contribution in [3.63, 3.8) is 0 Å². The van der Waals surface area contributed by atoms with Crippen molar-refractivity contribution in [3.05, 3.63) is 45.4 Å². The number of carbonyl (C=O) groups is 2. The van der Waals surface area contributed by atoms with Crippen LogP contribution in [0.4, 0.5) is 10.1 Å². The largest absolute Gasteiger partial charge is 0.325 e. The van der Waals surface area contributed by atoms with E-state index in [1.165, 1.54) is 6.20 Å². The van der Waals surface area contributed by atoms with Crippen molar-refractivity contribution >= 4 is 40.5 Å². The number of carbonyl (C=O) groups excluding carboxylic acids is 2. The summed E-state index contributed by atoms with van der Waals surface area (Å²) >= 11 is 1.86. The summed E-state index contributed by atoms with van der Waals surface area (Å²) < 4.78 is 15.0. The Morgan fingerprint density at radius 2 is 1.96 bits per heavy atom. The predicted octanol–water partition coefficient (Wildman–Crippen LogP) is 4.29. The van der Waals surface area contributed by atoms with Gasteiger partial charge in [0.2, 0.25) is 5.91 Å². The van der Waals surface area contributed by atoms with E-state index in [2.05, 4.69) is 10.3 Å². The molecule has 2 rings (SSSR count). The quantitative estimate of drug-likeness (QED) is 0.589. The molecule has 4 nitrogen and oxygen atoms in total. The maximum atomic E-state index is 14.6.